The highest BCUT2D eigenvalue weighted by Crippen LogP contribution is 2.19. The molecule has 1 rings (SSSR count). The van der Waals surface area contributed by atoms with Crippen LogP contribution in [0.2, 0.25) is 0 Å². The Balaban J connectivity index is 2.83. The standard InChI is InChI=1S/C12H17NO/c1-4-12(13)10-6-5-7-11(8-10)14-9(2)3/h4-9,12H,1,13H2,2-3H3. The Kier molecular flexibility index (Phi) is 3.72. The van der Waals surface area contributed by atoms with Crippen molar-refractivity contribution >= 4 is 0 Å². The number of benzene rings is 1. The van der Waals surface area contributed by atoms with Crippen molar-refractivity contribution in [1.29, 1.82) is 0 Å². The third-order valence-electron chi connectivity index (χ3n) is 1.87. The number of hydrogen-bond acceptors (Lipinski definition) is 2. The molecule has 2 heteroatoms. The molecule has 2 nitrogen and oxygen atoms in total. The van der Waals surface area contributed by atoms with Crippen molar-refractivity contribution in [1.82, 2.24) is 0 Å². The molecule has 0 amide bonds. The molecule has 0 aromatic heterocycles. The maximum atomic E-state index is 5.82. The summed E-state index contributed by atoms with van der Waals surface area (Å²) in [6.45, 7) is 7.66. The van der Waals surface area contributed by atoms with Gasteiger partial charge in [-0.3, -0.25) is 0 Å². The lowest BCUT2D eigenvalue weighted by atomic mass is 10.1. The van der Waals surface area contributed by atoms with E-state index in [1.165, 1.54) is 0 Å². The topological polar surface area (TPSA) is 35.2 Å². The second-order valence-corrected chi connectivity index (χ2v) is 3.50. The van der Waals surface area contributed by atoms with Crippen LogP contribution in [-0.4, -0.2) is 6.10 Å². The Labute approximate surface area is 85.4 Å². The second kappa shape index (κ2) is 4.82. The number of nitrogens with two attached hydrogens (primary N) is 1. The van der Waals surface area contributed by atoms with E-state index in [-0.39, 0.29) is 12.1 Å². The number of rotatable bonds is 4. The highest BCUT2D eigenvalue weighted by molar-refractivity contribution is 5.32. The molecule has 0 radical (unpaired) electrons. The molecule has 0 aliphatic rings. The first-order chi connectivity index (χ1) is 6.63. The molecule has 0 heterocycles. The monoisotopic (exact) mass is 191 g/mol. The van der Waals surface area contributed by atoms with E-state index in [1.54, 1.807) is 6.08 Å². The van der Waals surface area contributed by atoms with Crippen molar-refractivity contribution in [2.75, 3.05) is 0 Å². The first kappa shape index (κ1) is 10.8. The van der Waals surface area contributed by atoms with Crippen molar-refractivity contribution in [2.24, 2.45) is 5.73 Å². The zero-order chi connectivity index (χ0) is 10.6. The van der Waals surface area contributed by atoms with E-state index < -0.39 is 0 Å². The molecule has 76 valence electrons. The van der Waals surface area contributed by atoms with Crippen molar-refractivity contribution in [3.05, 3.63) is 42.5 Å². The van der Waals surface area contributed by atoms with Crippen LogP contribution >= 0.6 is 0 Å². The predicted octanol–water partition coefficient (Wildman–Crippen LogP) is 2.66. The molecular weight excluding hydrogens is 174 g/mol. The van der Waals surface area contributed by atoms with Crippen molar-refractivity contribution < 1.29 is 4.74 Å². The Morgan fingerprint density at radius 1 is 1.43 bits per heavy atom. The molecule has 0 spiro atoms. The summed E-state index contributed by atoms with van der Waals surface area (Å²) in [7, 11) is 0. The summed E-state index contributed by atoms with van der Waals surface area (Å²) in [4.78, 5) is 0. The van der Waals surface area contributed by atoms with Crippen LogP contribution in [0.4, 0.5) is 0 Å². The summed E-state index contributed by atoms with van der Waals surface area (Å²) in [6, 6.07) is 7.67. The van der Waals surface area contributed by atoms with E-state index in [4.69, 9.17) is 10.5 Å². The zero-order valence-corrected chi connectivity index (χ0v) is 8.73. The van der Waals surface area contributed by atoms with Crippen LogP contribution in [-0.2, 0) is 0 Å². The van der Waals surface area contributed by atoms with Crippen LogP contribution < -0.4 is 10.5 Å². The largest absolute Gasteiger partial charge is 0.491 e. The summed E-state index contributed by atoms with van der Waals surface area (Å²) in [5.41, 5.74) is 6.85. The lowest BCUT2D eigenvalue weighted by Crippen LogP contribution is -2.08. The average molecular weight is 191 g/mol. The molecule has 1 atom stereocenters. The molecule has 2 N–H and O–H groups in total. The first-order valence-corrected chi connectivity index (χ1v) is 4.78. The van der Waals surface area contributed by atoms with Gasteiger partial charge in [0.2, 0.25) is 0 Å². The molecule has 1 unspecified atom stereocenters. The molecule has 0 fully saturated rings. The Morgan fingerprint density at radius 3 is 2.71 bits per heavy atom. The third kappa shape index (κ3) is 2.89. The summed E-state index contributed by atoms with van der Waals surface area (Å²) >= 11 is 0. The van der Waals surface area contributed by atoms with E-state index in [1.807, 2.05) is 38.1 Å². The minimum absolute atomic E-state index is 0.120. The van der Waals surface area contributed by atoms with Crippen LogP contribution in [0.1, 0.15) is 25.5 Å². The average Bonchev–Trinajstić information content (AvgIpc) is 2.16. The van der Waals surface area contributed by atoms with Crippen LogP contribution in [0.15, 0.2) is 36.9 Å². The molecule has 0 aliphatic carbocycles. The molecular formula is C12H17NO. The van der Waals surface area contributed by atoms with Gasteiger partial charge in [0, 0.05) is 6.04 Å². The maximum Gasteiger partial charge on any atom is 0.120 e. The number of ether oxygens (including phenoxy) is 1. The highest BCUT2D eigenvalue weighted by atomic mass is 16.5. The van der Waals surface area contributed by atoms with E-state index in [2.05, 4.69) is 6.58 Å². The quantitative estimate of drug-likeness (QED) is 0.742. The van der Waals surface area contributed by atoms with Gasteiger partial charge in [-0.05, 0) is 31.5 Å². The van der Waals surface area contributed by atoms with E-state index in [0.29, 0.717) is 0 Å². The minimum atomic E-state index is -0.120. The predicted molar refractivity (Wildman–Crippen MR) is 59.3 cm³/mol. The van der Waals surface area contributed by atoms with Crippen LogP contribution in [0.25, 0.3) is 0 Å². The Morgan fingerprint density at radius 2 is 2.14 bits per heavy atom. The van der Waals surface area contributed by atoms with Crippen LogP contribution in [0.3, 0.4) is 0 Å². The van der Waals surface area contributed by atoms with Gasteiger partial charge >= 0.3 is 0 Å². The zero-order valence-electron chi connectivity index (χ0n) is 8.73. The normalized spacial score (nSPS) is 12.6. The van der Waals surface area contributed by atoms with Gasteiger partial charge in [-0.15, -0.1) is 6.58 Å². The van der Waals surface area contributed by atoms with E-state index in [0.717, 1.165) is 11.3 Å². The van der Waals surface area contributed by atoms with E-state index >= 15 is 0 Å². The van der Waals surface area contributed by atoms with Gasteiger partial charge in [0.1, 0.15) is 5.75 Å². The van der Waals surface area contributed by atoms with Gasteiger partial charge in [-0.25, -0.2) is 0 Å². The van der Waals surface area contributed by atoms with Gasteiger partial charge in [-0.2, -0.15) is 0 Å². The summed E-state index contributed by atoms with van der Waals surface area (Å²) < 4.78 is 5.56. The highest BCUT2D eigenvalue weighted by Gasteiger charge is 2.03. The summed E-state index contributed by atoms with van der Waals surface area (Å²) in [6.07, 6.45) is 1.90. The maximum absolute atomic E-state index is 5.82. The smallest absolute Gasteiger partial charge is 0.120 e. The molecule has 0 saturated carbocycles. The van der Waals surface area contributed by atoms with Gasteiger partial charge < -0.3 is 10.5 Å². The SMILES string of the molecule is C=CC(N)c1cccc(OC(C)C)c1. The minimum Gasteiger partial charge on any atom is -0.491 e. The van der Waals surface area contributed by atoms with Crippen LogP contribution in [0.5, 0.6) is 5.75 Å². The van der Waals surface area contributed by atoms with Crippen molar-refractivity contribution in [3.63, 3.8) is 0 Å². The molecule has 1 aromatic carbocycles. The van der Waals surface area contributed by atoms with Gasteiger partial charge in [0.25, 0.3) is 0 Å². The molecule has 1 aromatic rings. The second-order valence-electron chi connectivity index (χ2n) is 3.50. The van der Waals surface area contributed by atoms with E-state index in [9.17, 15) is 0 Å². The Bertz CT molecular complexity index is 307. The fourth-order valence-corrected chi connectivity index (χ4v) is 1.20. The van der Waals surface area contributed by atoms with Crippen LogP contribution in [0, 0.1) is 0 Å². The number of hydrogen-bond donors (Lipinski definition) is 1. The molecule has 14 heavy (non-hydrogen) atoms. The lowest BCUT2D eigenvalue weighted by molar-refractivity contribution is 0.242. The molecule has 0 saturated heterocycles. The van der Waals surface area contributed by atoms with Gasteiger partial charge in [0.15, 0.2) is 0 Å². The summed E-state index contributed by atoms with van der Waals surface area (Å²) in [5, 5.41) is 0. The lowest BCUT2D eigenvalue weighted by Gasteiger charge is -2.12. The third-order valence-corrected chi connectivity index (χ3v) is 1.87. The fourth-order valence-electron chi connectivity index (χ4n) is 1.20. The van der Waals surface area contributed by atoms with Crippen molar-refractivity contribution in [2.45, 2.75) is 26.0 Å². The summed E-state index contributed by atoms with van der Waals surface area (Å²) in [5.74, 6) is 0.856. The van der Waals surface area contributed by atoms with Crippen molar-refractivity contribution in [3.8, 4) is 5.75 Å². The van der Waals surface area contributed by atoms with Gasteiger partial charge in [0.05, 0.1) is 6.10 Å². The molecule has 0 bridgehead atoms. The van der Waals surface area contributed by atoms with Gasteiger partial charge in [-0.1, -0.05) is 18.2 Å². The fraction of sp³-hybridized carbons (Fsp3) is 0.333. The first-order valence-electron chi connectivity index (χ1n) is 4.78. The Hall–Kier alpha value is -1.28. The molecule has 0 aliphatic heterocycles.